The Labute approximate surface area is 214 Å². The number of pyridine rings is 2. The van der Waals surface area contributed by atoms with Gasteiger partial charge in [-0.05, 0) is 60.8 Å². The number of fused-ring (bicyclic) bond motifs is 2. The predicted octanol–water partition coefficient (Wildman–Crippen LogP) is 4.73. The molecule has 0 aliphatic heterocycles. The topological polar surface area (TPSA) is 95.4 Å². The second-order valence-electron chi connectivity index (χ2n) is 9.04. The van der Waals surface area contributed by atoms with Crippen LogP contribution in [0.1, 0.15) is 11.4 Å². The third-order valence-corrected chi connectivity index (χ3v) is 6.37. The summed E-state index contributed by atoms with van der Waals surface area (Å²) in [5, 5.41) is 14.1. The van der Waals surface area contributed by atoms with Crippen molar-refractivity contribution in [1.29, 1.82) is 0 Å². The van der Waals surface area contributed by atoms with Gasteiger partial charge >= 0.3 is 0 Å². The number of methoxy groups -OCH3 is 1. The Kier molecular flexibility index (Phi) is 7.20. The molecule has 0 aliphatic rings. The smallest absolute Gasteiger partial charge is 0.255 e. The Morgan fingerprint density at radius 2 is 1.81 bits per heavy atom. The molecule has 0 saturated carbocycles. The van der Waals surface area contributed by atoms with Crippen LogP contribution in [-0.4, -0.2) is 53.0 Å². The maximum absolute atomic E-state index is 12.7. The van der Waals surface area contributed by atoms with Crippen molar-refractivity contribution in [3.63, 3.8) is 0 Å². The van der Waals surface area contributed by atoms with Gasteiger partial charge in [-0.1, -0.05) is 24.3 Å². The average Bonchev–Trinajstić information content (AvgIpc) is 3.32. The van der Waals surface area contributed by atoms with Gasteiger partial charge in [-0.3, -0.25) is 14.7 Å². The van der Waals surface area contributed by atoms with Gasteiger partial charge < -0.3 is 24.4 Å². The van der Waals surface area contributed by atoms with E-state index in [4.69, 9.17) is 9.47 Å². The van der Waals surface area contributed by atoms with Crippen LogP contribution >= 0.6 is 0 Å². The van der Waals surface area contributed by atoms with Gasteiger partial charge in [0.1, 0.15) is 12.4 Å². The first-order valence-corrected chi connectivity index (χ1v) is 12.2. The van der Waals surface area contributed by atoms with Crippen LogP contribution in [0.5, 0.6) is 5.75 Å². The molecule has 8 nitrogen and oxygen atoms in total. The normalized spacial score (nSPS) is 11.5. The molecule has 0 unspecified atom stereocenters. The predicted molar refractivity (Wildman–Crippen MR) is 146 cm³/mol. The zero-order valence-electron chi connectivity index (χ0n) is 20.9. The van der Waals surface area contributed by atoms with E-state index >= 15 is 0 Å². The van der Waals surface area contributed by atoms with E-state index in [-0.39, 0.29) is 0 Å². The summed E-state index contributed by atoms with van der Waals surface area (Å²) >= 11 is 0. The highest BCUT2D eigenvalue weighted by Crippen LogP contribution is 2.27. The van der Waals surface area contributed by atoms with Crippen LogP contribution in [0.3, 0.4) is 0 Å². The number of ether oxygens (including phenoxy) is 2. The molecule has 0 bridgehead atoms. The van der Waals surface area contributed by atoms with E-state index in [0.717, 1.165) is 47.7 Å². The van der Waals surface area contributed by atoms with E-state index in [2.05, 4.69) is 14.9 Å². The number of rotatable bonds is 10. The molecule has 0 amide bonds. The monoisotopic (exact) mass is 497 g/mol. The van der Waals surface area contributed by atoms with Crippen LogP contribution in [-0.2, 0) is 11.3 Å². The van der Waals surface area contributed by atoms with E-state index in [0.29, 0.717) is 40.1 Å². The maximum atomic E-state index is 12.7. The summed E-state index contributed by atoms with van der Waals surface area (Å²) in [5.41, 5.74) is 3.59. The van der Waals surface area contributed by atoms with Crippen molar-refractivity contribution in [1.82, 2.24) is 19.6 Å². The summed E-state index contributed by atoms with van der Waals surface area (Å²) in [6, 6.07) is 22.5. The van der Waals surface area contributed by atoms with Gasteiger partial charge in [0.25, 0.3) is 5.56 Å². The number of hydrogen-bond donors (Lipinski definition) is 1. The van der Waals surface area contributed by atoms with Crippen molar-refractivity contribution in [2.24, 2.45) is 0 Å². The number of H-pyrrole nitrogens is 1. The summed E-state index contributed by atoms with van der Waals surface area (Å²) in [6.07, 6.45) is 0. The lowest BCUT2D eigenvalue weighted by molar-refractivity contribution is 0.130. The fourth-order valence-corrected chi connectivity index (χ4v) is 4.47. The Balaban J connectivity index is 1.30. The average molecular weight is 498 g/mol. The van der Waals surface area contributed by atoms with Gasteiger partial charge in [0.15, 0.2) is 0 Å². The lowest BCUT2D eigenvalue weighted by Gasteiger charge is -2.22. The Bertz CT molecular complexity index is 1590. The van der Waals surface area contributed by atoms with E-state index in [9.17, 15) is 10.0 Å². The van der Waals surface area contributed by atoms with Crippen LogP contribution < -0.4 is 10.3 Å². The molecule has 0 spiro atoms. The summed E-state index contributed by atoms with van der Waals surface area (Å²) in [4.78, 5) is 22.9. The van der Waals surface area contributed by atoms with Gasteiger partial charge in [-0.25, -0.2) is 0 Å². The van der Waals surface area contributed by atoms with E-state index < -0.39 is 5.56 Å². The third kappa shape index (κ3) is 5.50. The van der Waals surface area contributed by atoms with E-state index in [1.54, 1.807) is 25.3 Å². The highest BCUT2D eigenvalue weighted by atomic mass is 16.5. The zero-order valence-corrected chi connectivity index (χ0v) is 20.9. The Hall–Kier alpha value is -4.14. The van der Waals surface area contributed by atoms with Crippen molar-refractivity contribution in [2.75, 3.05) is 33.4 Å². The molecule has 2 aromatic carbocycles. The molecule has 190 valence electrons. The molecule has 5 rings (SSSR count). The molecule has 3 aromatic heterocycles. The number of nitrogens with zero attached hydrogens (tertiary/aromatic N) is 3. The van der Waals surface area contributed by atoms with Crippen molar-refractivity contribution in [2.45, 2.75) is 13.5 Å². The van der Waals surface area contributed by atoms with Crippen molar-refractivity contribution in [3.05, 3.63) is 99.7 Å². The standard InChI is InChI=1S/C29H29N4O4/c1-20-6-5-8-23(30-20)19-32(12-14-36-2)13-15-37-24-10-11-26-22(16-24)18-27(31-26)25-17-21-7-3-4-9-28(21)33(35)29(25)34/h3-11,16-18,31H,12-15,19H2,1-2H3/q-1. The SMILES string of the molecule is COCCN(CCOc1ccc2[nH]c(-c3cc4ccccc4n([O-])c3=O)cc2c1)Cc1cccc(C)n1. The maximum Gasteiger partial charge on any atom is 0.255 e. The van der Waals surface area contributed by atoms with Crippen molar-refractivity contribution in [3.8, 4) is 17.0 Å². The first-order valence-electron chi connectivity index (χ1n) is 12.2. The first-order chi connectivity index (χ1) is 18.0. The van der Waals surface area contributed by atoms with Gasteiger partial charge in [-0.15, -0.1) is 0 Å². The second-order valence-corrected chi connectivity index (χ2v) is 9.04. The lowest BCUT2D eigenvalue weighted by Crippen LogP contribution is -2.31. The number of para-hydroxylation sites is 1. The summed E-state index contributed by atoms with van der Waals surface area (Å²) < 4.78 is 11.8. The molecule has 3 heterocycles. The van der Waals surface area contributed by atoms with Crippen LogP contribution in [0, 0.1) is 12.1 Å². The highest BCUT2D eigenvalue weighted by molar-refractivity contribution is 5.89. The molecule has 5 aromatic rings. The number of nitrogens with one attached hydrogen (secondary N) is 1. The number of hydrogen-bond acceptors (Lipinski definition) is 6. The second kappa shape index (κ2) is 10.9. The summed E-state index contributed by atoms with van der Waals surface area (Å²) in [5.74, 6) is 0.734. The van der Waals surface area contributed by atoms with Crippen molar-refractivity contribution < 1.29 is 9.47 Å². The molecule has 8 heteroatoms. The van der Waals surface area contributed by atoms with E-state index in [1.165, 1.54) is 0 Å². The molecule has 0 radical (unpaired) electrons. The van der Waals surface area contributed by atoms with Gasteiger partial charge in [0.2, 0.25) is 0 Å². The third-order valence-electron chi connectivity index (χ3n) is 6.37. The molecule has 0 atom stereocenters. The Morgan fingerprint density at radius 1 is 0.973 bits per heavy atom. The first kappa shape index (κ1) is 24.5. The van der Waals surface area contributed by atoms with Gasteiger partial charge in [0, 0.05) is 48.9 Å². The fourth-order valence-electron chi connectivity index (χ4n) is 4.47. The lowest BCUT2D eigenvalue weighted by atomic mass is 10.1. The van der Waals surface area contributed by atoms with Crippen LogP contribution in [0.15, 0.2) is 77.6 Å². The van der Waals surface area contributed by atoms with Gasteiger partial charge in [0.05, 0.1) is 23.6 Å². The highest BCUT2D eigenvalue weighted by Gasteiger charge is 2.12. The Morgan fingerprint density at radius 3 is 2.65 bits per heavy atom. The van der Waals surface area contributed by atoms with Crippen LogP contribution in [0.25, 0.3) is 33.1 Å². The van der Waals surface area contributed by atoms with Crippen LogP contribution in [0.4, 0.5) is 0 Å². The molecule has 0 fully saturated rings. The largest absolute Gasteiger partial charge is 0.803 e. The number of benzene rings is 2. The summed E-state index contributed by atoms with van der Waals surface area (Å²) in [6.45, 7) is 5.34. The number of aromatic nitrogens is 3. The minimum Gasteiger partial charge on any atom is -0.803 e. The molecular formula is C29H29N4O4-. The summed E-state index contributed by atoms with van der Waals surface area (Å²) in [7, 11) is 1.70. The van der Waals surface area contributed by atoms with E-state index in [1.807, 2.05) is 61.5 Å². The minimum absolute atomic E-state index is 0.339. The molecule has 0 aliphatic carbocycles. The minimum atomic E-state index is -0.582. The van der Waals surface area contributed by atoms with Crippen LogP contribution in [0.2, 0.25) is 0 Å². The van der Waals surface area contributed by atoms with Crippen molar-refractivity contribution >= 4 is 21.8 Å². The molecule has 1 N–H and O–H groups in total. The molecular weight excluding hydrogens is 468 g/mol. The quantitative estimate of drug-likeness (QED) is 0.300. The number of aryl methyl sites for hydroxylation is 1. The van der Waals surface area contributed by atoms with Gasteiger partial charge in [-0.2, -0.15) is 0 Å². The molecule has 37 heavy (non-hydrogen) atoms. The molecule has 0 saturated heterocycles. The number of aromatic amines is 1. The fraction of sp³-hybridized carbons (Fsp3) is 0.241. The zero-order chi connectivity index (χ0) is 25.8.